The third-order valence-electron chi connectivity index (χ3n) is 6.00. The van der Waals surface area contributed by atoms with Crippen molar-refractivity contribution in [3.63, 3.8) is 0 Å². The molecule has 2 amide bonds. The van der Waals surface area contributed by atoms with Crippen molar-refractivity contribution in [1.29, 1.82) is 0 Å². The van der Waals surface area contributed by atoms with E-state index in [1.165, 1.54) is 22.3 Å². The third kappa shape index (κ3) is 5.53. The maximum Gasteiger partial charge on any atom is 0.244 e. The SMILES string of the molecule is CN(C1CCCCC1)S(=O)(=O)c1ccc(SCC(=O)N2CCCC(C(N)=O)C2)nc1. The molecule has 166 valence electrons. The van der Waals surface area contributed by atoms with Crippen LogP contribution in [0, 0.1) is 5.92 Å². The van der Waals surface area contributed by atoms with Crippen molar-refractivity contribution in [1.82, 2.24) is 14.2 Å². The van der Waals surface area contributed by atoms with Crippen LogP contribution in [0.3, 0.4) is 0 Å². The van der Waals surface area contributed by atoms with E-state index in [1.807, 2.05) is 0 Å². The molecule has 2 heterocycles. The number of amides is 2. The number of rotatable bonds is 7. The number of aromatic nitrogens is 1. The van der Waals surface area contributed by atoms with Gasteiger partial charge in [0, 0.05) is 32.4 Å². The first-order valence-corrected chi connectivity index (χ1v) is 12.9. The molecule has 1 aliphatic carbocycles. The number of likely N-dealkylation sites (tertiary alicyclic amines) is 1. The molecule has 2 N–H and O–H groups in total. The molecule has 0 bridgehead atoms. The zero-order chi connectivity index (χ0) is 21.7. The lowest BCUT2D eigenvalue weighted by Gasteiger charge is -2.31. The second kappa shape index (κ2) is 10.1. The van der Waals surface area contributed by atoms with Crippen LogP contribution in [-0.4, -0.2) is 66.4 Å². The van der Waals surface area contributed by atoms with Crippen molar-refractivity contribution in [3.05, 3.63) is 18.3 Å². The fraction of sp³-hybridized carbons (Fsp3) is 0.650. The molecule has 1 aliphatic heterocycles. The van der Waals surface area contributed by atoms with Crippen molar-refractivity contribution in [3.8, 4) is 0 Å². The van der Waals surface area contributed by atoms with E-state index in [0.29, 0.717) is 18.1 Å². The summed E-state index contributed by atoms with van der Waals surface area (Å²) >= 11 is 1.26. The van der Waals surface area contributed by atoms with Crippen LogP contribution in [0.2, 0.25) is 0 Å². The Kier molecular flexibility index (Phi) is 7.75. The molecule has 30 heavy (non-hydrogen) atoms. The maximum absolute atomic E-state index is 12.9. The van der Waals surface area contributed by atoms with Crippen LogP contribution in [0.25, 0.3) is 0 Å². The van der Waals surface area contributed by atoms with E-state index >= 15 is 0 Å². The largest absolute Gasteiger partial charge is 0.369 e. The van der Waals surface area contributed by atoms with Crippen LogP contribution in [0.1, 0.15) is 44.9 Å². The van der Waals surface area contributed by atoms with E-state index in [4.69, 9.17) is 5.73 Å². The lowest BCUT2D eigenvalue weighted by Crippen LogP contribution is -2.44. The normalized spacial score (nSPS) is 21.0. The third-order valence-corrected chi connectivity index (χ3v) is 8.82. The molecule has 0 aromatic carbocycles. The standard InChI is InChI=1S/C20H30N4O4S2/c1-23(16-7-3-2-4-8-16)30(27,28)17-9-10-18(22-12-17)29-14-19(25)24-11-5-6-15(13-24)20(21)26/h9-10,12,15-16H,2-8,11,13-14H2,1H3,(H2,21,26). The highest BCUT2D eigenvalue weighted by atomic mass is 32.2. The molecule has 0 radical (unpaired) electrons. The molecule has 1 atom stereocenters. The first kappa shape index (κ1) is 23.0. The molecule has 2 aliphatic rings. The van der Waals surface area contributed by atoms with Gasteiger partial charge in [0.1, 0.15) is 4.90 Å². The number of nitrogens with two attached hydrogens (primary N) is 1. The lowest BCUT2D eigenvalue weighted by molar-refractivity contribution is -0.132. The van der Waals surface area contributed by atoms with Crippen molar-refractivity contribution < 1.29 is 18.0 Å². The Morgan fingerprint density at radius 1 is 1.20 bits per heavy atom. The monoisotopic (exact) mass is 454 g/mol. The fourth-order valence-corrected chi connectivity index (χ4v) is 6.18. The number of pyridine rings is 1. The minimum atomic E-state index is -3.58. The molecule has 8 nitrogen and oxygen atoms in total. The fourth-order valence-electron chi connectivity index (χ4n) is 4.07. The van der Waals surface area contributed by atoms with Gasteiger partial charge in [0.25, 0.3) is 0 Å². The average Bonchev–Trinajstić information content (AvgIpc) is 2.77. The zero-order valence-electron chi connectivity index (χ0n) is 17.3. The predicted octanol–water partition coefficient (Wildman–Crippen LogP) is 1.85. The summed E-state index contributed by atoms with van der Waals surface area (Å²) in [6.07, 6.45) is 7.93. The molecule has 1 aromatic rings. The second-order valence-corrected chi connectivity index (χ2v) is 11.0. The molecule has 1 saturated carbocycles. The van der Waals surface area contributed by atoms with Crippen molar-refractivity contribution in [2.24, 2.45) is 11.7 Å². The minimum Gasteiger partial charge on any atom is -0.369 e. The first-order valence-electron chi connectivity index (χ1n) is 10.4. The predicted molar refractivity (Wildman–Crippen MR) is 115 cm³/mol. The van der Waals surface area contributed by atoms with E-state index < -0.39 is 10.0 Å². The van der Waals surface area contributed by atoms with Gasteiger partial charge in [-0.25, -0.2) is 13.4 Å². The maximum atomic E-state index is 12.9. The van der Waals surface area contributed by atoms with Crippen LogP contribution in [0.15, 0.2) is 28.3 Å². The average molecular weight is 455 g/mol. The highest BCUT2D eigenvalue weighted by molar-refractivity contribution is 7.99. The first-order chi connectivity index (χ1) is 14.3. The number of carbonyl (C=O) groups is 2. The van der Waals surface area contributed by atoms with E-state index in [-0.39, 0.29) is 34.4 Å². The highest BCUT2D eigenvalue weighted by Gasteiger charge is 2.30. The zero-order valence-corrected chi connectivity index (χ0v) is 19.0. The molecular weight excluding hydrogens is 424 g/mol. The van der Waals surface area contributed by atoms with Crippen LogP contribution in [-0.2, 0) is 19.6 Å². The smallest absolute Gasteiger partial charge is 0.244 e. The van der Waals surface area contributed by atoms with Gasteiger partial charge in [-0.15, -0.1) is 0 Å². The van der Waals surface area contributed by atoms with Gasteiger partial charge < -0.3 is 10.6 Å². The van der Waals surface area contributed by atoms with E-state index in [2.05, 4.69) is 4.98 Å². The number of nitrogens with zero attached hydrogens (tertiary/aromatic N) is 3. The molecule has 3 rings (SSSR count). The van der Waals surface area contributed by atoms with E-state index in [1.54, 1.807) is 24.1 Å². The summed E-state index contributed by atoms with van der Waals surface area (Å²) in [6, 6.07) is 3.24. The highest BCUT2D eigenvalue weighted by Crippen LogP contribution is 2.27. The summed E-state index contributed by atoms with van der Waals surface area (Å²) < 4.78 is 27.2. The van der Waals surface area contributed by atoms with Gasteiger partial charge in [-0.05, 0) is 37.8 Å². The Morgan fingerprint density at radius 3 is 2.57 bits per heavy atom. The molecule has 1 aromatic heterocycles. The number of hydrogen-bond acceptors (Lipinski definition) is 6. The molecule has 0 spiro atoms. The van der Waals surface area contributed by atoms with Gasteiger partial charge in [-0.3, -0.25) is 9.59 Å². The van der Waals surface area contributed by atoms with Gasteiger partial charge in [0.15, 0.2) is 0 Å². The minimum absolute atomic E-state index is 0.0456. The van der Waals surface area contributed by atoms with Gasteiger partial charge >= 0.3 is 0 Å². The van der Waals surface area contributed by atoms with Crippen molar-refractivity contribution in [2.75, 3.05) is 25.9 Å². The summed E-state index contributed by atoms with van der Waals surface area (Å²) in [4.78, 5) is 29.9. The Labute approximate surface area is 182 Å². The Balaban J connectivity index is 1.56. The summed E-state index contributed by atoms with van der Waals surface area (Å²) in [5, 5.41) is 0.589. The molecule has 2 fully saturated rings. The number of hydrogen-bond donors (Lipinski definition) is 1. The number of piperidine rings is 1. The lowest BCUT2D eigenvalue weighted by atomic mass is 9.96. The second-order valence-electron chi connectivity index (χ2n) is 8.02. The number of thioether (sulfide) groups is 1. The van der Waals surface area contributed by atoms with Crippen LogP contribution >= 0.6 is 11.8 Å². The van der Waals surface area contributed by atoms with Gasteiger partial charge in [-0.2, -0.15) is 4.31 Å². The Hall–Kier alpha value is -1.65. The summed E-state index contributed by atoms with van der Waals surface area (Å²) in [5.74, 6) is -0.526. The van der Waals surface area contributed by atoms with Crippen molar-refractivity contribution >= 4 is 33.6 Å². The van der Waals surface area contributed by atoms with E-state index in [9.17, 15) is 18.0 Å². The van der Waals surface area contributed by atoms with E-state index in [0.717, 1.165) is 44.9 Å². The number of carbonyl (C=O) groups excluding carboxylic acids is 2. The Bertz CT molecular complexity index is 854. The number of sulfonamides is 1. The van der Waals surface area contributed by atoms with Gasteiger partial charge in [0.05, 0.1) is 16.7 Å². The molecule has 1 unspecified atom stereocenters. The topological polar surface area (TPSA) is 114 Å². The quantitative estimate of drug-likeness (QED) is 0.629. The molecular formula is C20H30N4O4S2. The summed E-state index contributed by atoms with van der Waals surface area (Å²) in [6.45, 7) is 0.994. The summed E-state index contributed by atoms with van der Waals surface area (Å²) in [5.41, 5.74) is 5.37. The molecule has 10 heteroatoms. The molecule has 1 saturated heterocycles. The van der Waals surface area contributed by atoms with Gasteiger partial charge in [-0.1, -0.05) is 31.0 Å². The Morgan fingerprint density at radius 2 is 1.93 bits per heavy atom. The van der Waals surface area contributed by atoms with Crippen LogP contribution < -0.4 is 5.73 Å². The van der Waals surface area contributed by atoms with Crippen LogP contribution in [0.4, 0.5) is 0 Å². The van der Waals surface area contributed by atoms with Crippen molar-refractivity contribution in [2.45, 2.75) is 60.9 Å². The van der Waals surface area contributed by atoms with Gasteiger partial charge in [0.2, 0.25) is 21.8 Å². The van der Waals surface area contributed by atoms with Crippen LogP contribution in [0.5, 0.6) is 0 Å². The number of primary amides is 1. The summed E-state index contributed by atoms with van der Waals surface area (Å²) in [7, 11) is -1.93.